The molecule has 7 nitrogen and oxygen atoms in total. The van der Waals surface area contributed by atoms with Crippen LogP contribution in [0, 0.1) is 5.92 Å². The van der Waals surface area contributed by atoms with E-state index in [1.807, 2.05) is 0 Å². The van der Waals surface area contributed by atoms with Gasteiger partial charge in [-0.2, -0.15) is 0 Å². The van der Waals surface area contributed by atoms with Gasteiger partial charge in [-0.05, 0) is 37.0 Å². The molecule has 3 rings (SSSR count). The minimum Gasteiger partial charge on any atom is -0.496 e. The van der Waals surface area contributed by atoms with Crippen LogP contribution in [0.2, 0.25) is 0 Å². The number of ether oxygens (including phenoxy) is 1. The van der Waals surface area contributed by atoms with Crippen LogP contribution in [0.5, 0.6) is 5.75 Å². The van der Waals surface area contributed by atoms with Crippen molar-refractivity contribution in [2.24, 2.45) is 5.92 Å². The Morgan fingerprint density at radius 3 is 2.85 bits per heavy atom. The molecule has 140 valence electrons. The molecule has 2 heterocycles. The van der Waals surface area contributed by atoms with Crippen LogP contribution < -0.4 is 10.1 Å². The third-order valence-corrected chi connectivity index (χ3v) is 5.33. The molecule has 0 spiro atoms. The number of imide groups is 1. The van der Waals surface area contributed by atoms with Crippen LogP contribution in [0.3, 0.4) is 0 Å². The normalized spacial score (nSPS) is 23.2. The summed E-state index contributed by atoms with van der Waals surface area (Å²) < 4.78 is 6.07. The molecule has 2 aliphatic rings. The molecule has 2 fully saturated rings. The molecule has 0 radical (unpaired) electrons. The molecule has 26 heavy (non-hydrogen) atoms. The number of benzene rings is 1. The number of rotatable bonds is 4. The van der Waals surface area contributed by atoms with E-state index in [-0.39, 0.29) is 12.5 Å². The molecule has 0 bridgehead atoms. The zero-order chi connectivity index (χ0) is 18.8. The number of piperidine rings is 1. The van der Waals surface area contributed by atoms with Crippen LogP contribution in [-0.2, 0) is 9.59 Å². The van der Waals surface area contributed by atoms with Gasteiger partial charge in [0.25, 0.3) is 5.91 Å². The van der Waals surface area contributed by atoms with Crippen molar-refractivity contribution in [1.29, 1.82) is 0 Å². The number of nitrogens with zero attached hydrogens (tertiary/aromatic N) is 2. The Morgan fingerprint density at radius 1 is 1.38 bits per heavy atom. The van der Waals surface area contributed by atoms with Crippen LogP contribution in [-0.4, -0.2) is 54.4 Å². The summed E-state index contributed by atoms with van der Waals surface area (Å²) in [7, 11) is 1.51. The van der Waals surface area contributed by atoms with Gasteiger partial charge in [-0.25, -0.2) is 4.79 Å². The third kappa shape index (κ3) is 3.70. The van der Waals surface area contributed by atoms with Crippen molar-refractivity contribution < 1.29 is 19.1 Å². The molecule has 1 aromatic rings. The van der Waals surface area contributed by atoms with Crippen molar-refractivity contribution in [3.8, 4) is 5.75 Å². The van der Waals surface area contributed by atoms with E-state index < -0.39 is 18.0 Å². The lowest BCUT2D eigenvalue weighted by Gasteiger charge is -2.31. The molecule has 2 saturated heterocycles. The summed E-state index contributed by atoms with van der Waals surface area (Å²) in [5, 5.41) is 2.65. The zero-order valence-electron chi connectivity index (χ0n) is 14.8. The molecule has 0 unspecified atom stereocenters. The number of hydrogen-bond acceptors (Lipinski definition) is 4. The smallest absolute Gasteiger partial charge is 0.325 e. The fourth-order valence-corrected chi connectivity index (χ4v) is 3.84. The molecule has 8 heteroatoms. The lowest BCUT2D eigenvalue weighted by atomic mass is 10.0. The highest BCUT2D eigenvalue weighted by atomic mass is 79.9. The lowest BCUT2D eigenvalue weighted by Crippen LogP contribution is -2.46. The number of likely N-dealkylation sites (tertiary alicyclic amines) is 1. The average Bonchev–Trinajstić information content (AvgIpc) is 2.89. The topological polar surface area (TPSA) is 79.0 Å². The van der Waals surface area contributed by atoms with Gasteiger partial charge < -0.3 is 15.0 Å². The molecule has 4 amide bonds. The van der Waals surface area contributed by atoms with Crippen LogP contribution in [0.25, 0.3) is 0 Å². The van der Waals surface area contributed by atoms with E-state index in [1.165, 1.54) is 7.11 Å². The Kier molecular flexibility index (Phi) is 5.50. The fourth-order valence-electron chi connectivity index (χ4n) is 3.46. The second kappa shape index (κ2) is 7.65. The molecular weight excluding hydrogens is 402 g/mol. The standard InChI is InChI=1S/C18H22BrN3O4/c1-11-4-3-7-21(9-11)15(23)10-22-17(24)16(20-18(22)25)13-8-12(19)5-6-14(13)26-2/h5-6,8,11,16H,3-4,7,9-10H2,1-2H3,(H,20,25)/t11-,16-/m0/s1. The summed E-state index contributed by atoms with van der Waals surface area (Å²) in [6, 6.07) is 3.84. The van der Waals surface area contributed by atoms with Crippen molar-refractivity contribution in [3.63, 3.8) is 0 Å². The van der Waals surface area contributed by atoms with Crippen LogP contribution in [0.15, 0.2) is 22.7 Å². The predicted molar refractivity (Wildman–Crippen MR) is 98.7 cm³/mol. The van der Waals surface area contributed by atoms with Crippen molar-refractivity contribution in [3.05, 3.63) is 28.2 Å². The summed E-state index contributed by atoms with van der Waals surface area (Å²) in [5.74, 6) is 0.311. The van der Waals surface area contributed by atoms with Gasteiger partial charge in [0.2, 0.25) is 5.91 Å². The van der Waals surface area contributed by atoms with Crippen LogP contribution in [0.1, 0.15) is 31.4 Å². The summed E-state index contributed by atoms with van der Waals surface area (Å²) in [5.41, 5.74) is 0.557. The van der Waals surface area contributed by atoms with Gasteiger partial charge in [-0.1, -0.05) is 22.9 Å². The van der Waals surface area contributed by atoms with Crippen molar-refractivity contribution in [2.75, 3.05) is 26.7 Å². The first-order valence-electron chi connectivity index (χ1n) is 8.63. The molecule has 0 aromatic heterocycles. The number of carbonyl (C=O) groups is 3. The Morgan fingerprint density at radius 2 is 2.15 bits per heavy atom. The number of halogens is 1. The highest BCUT2D eigenvalue weighted by molar-refractivity contribution is 9.10. The number of nitrogens with one attached hydrogen (secondary N) is 1. The molecule has 0 saturated carbocycles. The number of methoxy groups -OCH3 is 1. The summed E-state index contributed by atoms with van der Waals surface area (Å²) in [6.45, 7) is 3.22. The van der Waals surface area contributed by atoms with Gasteiger partial charge in [-0.15, -0.1) is 0 Å². The largest absolute Gasteiger partial charge is 0.496 e. The average molecular weight is 424 g/mol. The minimum atomic E-state index is -0.858. The Labute approximate surface area is 160 Å². The Bertz CT molecular complexity index is 739. The maximum Gasteiger partial charge on any atom is 0.325 e. The number of carbonyl (C=O) groups excluding carboxylic acids is 3. The van der Waals surface area contributed by atoms with Gasteiger partial charge in [0.1, 0.15) is 18.3 Å². The second-order valence-electron chi connectivity index (χ2n) is 6.78. The van der Waals surface area contributed by atoms with Crippen LogP contribution >= 0.6 is 15.9 Å². The highest BCUT2D eigenvalue weighted by Crippen LogP contribution is 2.32. The van der Waals surface area contributed by atoms with E-state index in [0.29, 0.717) is 30.3 Å². The van der Waals surface area contributed by atoms with E-state index in [4.69, 9.17) is 4.74 Å². The van der Waals surface area contributed by atoms with E-state index in [2.05, 4.69) is 28.2 Å². The highest BCUT2D eigenvalue weighted by Gasteiger charge is 2.41. The summed E-state index contributed by atoms with van der Waals surface area (Å²) >= 11 is 3.37. The summed E-state index contributed by atoms with van der Waals surface area (Å²) in [4.78, 5) is 40.3. The molecule has 1 N–H and O–H groups in total. The Balaban J connectivity index is 1.75. The molecule has 1 aromatic carbocycles. The first-order chi connectivity index (χ1) is 12.4. The van der Waals surface area contributed by atoms with Gasteiger partial charge in [-0.3, -0.25) is 14.5 Å². The molecule has 0 aliphatic carbocycles. The number of hydrogen-bond donors (Lipinski definition) is 1. The van der Waals surface area contributed by atoms with E-state index in [0.717, 1.165) is 22.2 Å². The lowest BCUT2D eigenvalue weighted by molar-refractivity contribution is -0.138. The molecule has 2 aliphatic heterocycles. The van der Waals surface area contributed by atoms with Gasteiger partial charge in [0, 0.05) is 23.1 Å². The monoisotopic (exact) mass is 423 g/mol. The minimum absolute atomic E-state index is 0.193. The predicted octanol–water partition coefficient (Wildman–Crippen LogP) is 2.31. The third-order valence-electron chi connectivity index (χ3n) is 4.83. The van der Waals surface area contributed by atoms with E-state index >= 15 is 0 Å². The van der Waals surface area contributed by atoms with Gasteiger partial charge >= 0.3 is 6.03 Å². The Hall–Kier alpha value is -2.09. The van der Waals surface area contributed by atoms with E-state index in [9.17, 15) is 14.4 Å². The molecular formula is C18H22BrN3O4. The summed E-state index contributed by atoms with van der Waals surface area (Å²) in [6.07, 6.45) is 2.04. The number of urea groups is 1. The van der Waals surface area contributed by atoms with Crippen LogP contribution in [0.4, 0.5) is 4.79 Å². The van der Waals surface area contributed by atoms with Crippen molar-refractivity contribution in [1.82, 2.24) is 15.1 Å². The number of amides is 4. The SMILES string of the molecule is COc1ccc(Br)cc1[C@@H]1NC(=O)N(CC(=O)N2CCC[C@H](C)C2)C1=O. The second-order valence-corrected chi connectivity index (χ2v) is 7.70. The first-order valence-corrected chi connectivity index (χ1v) is 9.43. The molecule has 2 atom stereocenters. The van der Waals surface area contributed by atoms with Crippen molar-refractivity contribution >= 4 is 33.8 Å². The maximum absolute atomic E-state index is 12.8. The maximum atomic E-state index is 12.8. The zero-order valence-corrected chi connectivity index (χ0v) is 16.4. The first kappa shape index (κ1) is 18.7. The van der Waals surface area contributed by atoms with E-state index in [1.54, 1.807) is 23.1 Å². The van der Waals surface area contributed by atoms with Gasteiger partial charge in [0.15, 0.2) is 0 Å². The van der Waals surface area contributed by atoms with Crippen molar-refractivity contribution in [2.45, 2.75) is 25.8 Å². The quantitative estimate of drug-likeness (QED) is 0.753. The van der Waals surface area contributed by atoms with Gasteiger partial charge in [0.05, 0.1) is 7.11 Å². The fraction of sp³-hybridized carbons (Fsp3) is 0.500.